The third kappa shape index (κ3) is 3.48. The van der Waals surface area contributed by atoms with Crippen molar-refractivity contribution in [3.05, 3.63) is 28.2 Å². The minimum atomic E-state index is -0.0869. The number of hydrogen-bond donors (Lipinski definition) is 2. The summed E-state index contributed by atoms with van der Waals surface area (Å²) in [5.74, 6) is 0.576. The van der Waals surface area contributed by atoms with E-state index in [9.17, 15) is 9.90 Å². The van der Waals surface area contributed by atoms with E-state index in [2.05, 4.69) is 15.9 Å². The van der Waals surface area contributed by atoms with Crippen molar-refractivity contribution in [1.29, 1.82) is 0 Å². The lowest BCUT2D eigenvalue weighted by Crippen LogP contribution is -2.38. The van der Waals surface area contributed by atoms with Gasteiger partial charge in [0.15, 0.2) is 0 Å². The SMILES string of the molecule is NCCC1CCN(C(=O)c2ccc(Br)cc2O)CC1. The maximum Gasteiger partial charge on any atom is 0.257 e. The summed E-state index contributed by atoms with van der Waals surface area (Å²) in [6, 6.07) is 4.98. The van der Waals surface area contributed by atoms with E-state index in [0.717, 1.165) is 36.8 Å². The number of amides is 1. The van der Waals surface area contributed by atoms with Gasteiger partial charge in [-0.05, 0) is 49.9 Å². The summed E-state index contributed by atoms with van der Waals surface area (Å²) < 4.78 is 0.767. The normalized spacial score (nSPS) is 16.6. The van der Waals surface area contributed by atoms with Gasteiger partial charge in [0.25, 0.3) is 5.91 Å². The van der Waals surface area contributed by atoms with Gasteiger partial charge in [-0.3, -0.25) is 4.79 Å². The lowest BCUT2D eigenvalue weighted by atomic mass is 9.93. The van der Waals surface area contributed by atoms with Gasteiger partial charge in [-0.2, -0.15) is 0 Å². The molecule has 1 aromatic carbocycles. The van der Waals surface area contributed by atoms with E-state index >= 15 is 0 Å². The number of benzene rings is 1. The second kappa shape index (κ2) is 6.39. The highest BCUT2D eigenvalue weighted by molar-refractivity contribution is 9.10. The highest BCUT2D eigenvalue weighted by atomic mass is 79.9. The first kappa shape index (κ1) is 14.3. The zero-order valence-electron chi connectivity index (χ0n) is 10.8. The minimum Gasteiger partial charge on any atom is -0.507 e. The average Bonchev–Trinajstić information content (AvgIpc) is 2.39. The molecule has 104 valence electrons. The number of likely N-dealkylation sites (tertiary alicyclic amines) is 1. The number of phenols is 1. The molecular weight excluding hydrogens is 308 g/mol. The first-order valence-electron chi connectivity index (χ1n) is 6.59. The molecule has 0 aromatic heterocycles. The van der Waals surface area contributed by atoms with Crippen molar-refractivity contribution >= 4 is 21.8 Å². The van der Waals surface area contributed by atoms with Crippen LogP contribution in [0.15, 0.2) is 22.7 Å². The Labute approximate surface area is 121 Å². The molecule has 1 aliphatic rings. The fourth-order valence-corrected chi connectivity index (χ4v) is 2.87. The average molecular weight is 327 g/mol. The zero-order valence-corrected chi connectivity index (χ0v) is 12.4. The lowest BCUT2D eigenvalue weighted by molar-refractivity contribution is 0.0685. The van der Waals surface area contributed by atoms with Crippen LogP contribution in [0.3, 0.4) is 0 Å². The van der Waals surface area contributed by atoms with Crippen LogP contribution in [0.2, 0.25) is 0 Å². The van der Waals surface area contributed by atoms with Crippen molar-refractivity contribution in [2.45, 2.75) is 19.3 Å². The van der Waals surface area contributed by atoms with Gasteiger partial charge >= 0.3 is 0 Å². The highest BCUT2D eigenvalue weighted by Crippen LogP contribution is 2.26. The van der Waals surface area contributed by atoms with E-state index in [1.165, 1.54) is 0 Å². The lowest BCUT2D eigenvalue weighted by Gasteiger charge is -2.32. The molecule has 2 rings (SSSR count). The van der Waals surface area contributed by atoms with E-state index in [1.54, 1.807) is 18.2 Å². The molecule has 5 heteroatoms. The Bertz CT molecular complexity index is 457. The number of aromatic hydroxyl groups is 1. The number of phenolic OH excluding ortho intramolecular Hbond substituents is 1. The molecule has 0 atom stereocenters. The molecule has 1 aromatic rings. The van der Waals surface area contributed by atoms with Crippen molar-refractivity contribution in [2.75, 3.05) is 19.6 Å². The van der Waals surface area contributed by atoms with Crippen LogP contribution >= 0.6 is 15.9 Å². The van der Waals surface area contributed by atoms with Crippen LogP contribution in [-0.4, -0.2) is 35.5 Å². The molecule has 0 bridgehead atoms. The molecule has 4 nitrogen and oxygen atoms in total. The van der Waals surface area contributed by atoms with Crippen LogP contribution in [0.5, 0.6) is 5.75 Å². The third-order valence-electron chi connectivity index (χ3n) is 3.67. The number of halogens is 1. The zero-order chi connectivity index (χ0) is 13.8. The van der Waals surface area contributed by atoms with Gasteiger partial charge in [-0.15, -0.1) is 0 Å². The van der Waals surface area contributed by atoms with Gasteiger partial charge in [0.05, 0.1) is 5.56 Å². The van der Waals surface area contributed by atoms with Crippen molar-refractivity contribution in [1.82, 2.24) is 4.90 Å². The Morgan fingerprint density at radius 1 is 1.42 bits per heavy atom. The Kier molecular flexibility index (Phi) is 4.82. The van der Waals surface area contributed by atoms with Crippen LogP contribution in [-0.2, 0) is 0 Å². The summed E-state index contributed by atoms with van der Waals surface area (Å²) in [6.45, 7) is 2.21. The van der Waals surface area contributed by atoms with Crippen molar-refractivity contribution in [3.8, 4) is 5.75 Å². The monoisotopic (exact) mass is 326 g/mol. The fourth-order valence-electron chi connectivity index (χ4n) is 2.52. The number of nitrogens with two attached hydrogens (primary N) is 1. The molecule has 1 heterocycles. The number of nitrogens with zero attached hydrogens (tertiary/aromatic N) is 1. The van der Waals surface area contributed by atoms with Crippen molar-refractivity contribution in [3.63, 3.8) is 0 Å². The van der Waals surface area contributed by atoms with E-state index < -0.39 is 0 Å². The number of piperidine rings is 1. The van der Waals surface area contributed by atoms with E-state index in [-0.39, 0.29) is 11.7 Å². The van der Waals surface area contributed by atoms with Crippen LogP contribution in [0, 0.1) is 5.92 Å². The summed E-state index contributed by atoms with van der Waals surface area (Å²) >= 11 is 3.27. The van der Waals surface area contributed by atoms with Gasteiger partial charge in [0, 0.05) is 17.6 Å². The van der Waals surface area contributed by atoms with Gasteiger partial charge in [0.2, 0.25) is 0 Å². The van der Waals surface area contributed by atoms with Gasteiger partial charge in [-0.25, -0.2) is 0 Å². The standard InChI is InChI=1S/C14H19BrN2O2/c15-11-1-2-12(13(18)9-11)14(19)17-7-4-10(3-6-16)5-8-17/h1-2,9-10,18H,3-8,16H2. The molecule has 0 radical (unpaired) electrons. The molecule has 0 saturated carbocycles. The van der Waals surface area contributed by atoms with Crippen LogP contribution < -0.4 is 5.73 Å². The van der Waals surface area contributed by atoms with Crippen LogP contribution in [0.25, 0.3) is 0 Å². The Morgan fingerprint density at radius 3 is 2.68 bits per heavy atom. The predicted molar refractivity (Wildman–Crippen MR) is 78.1 cm³/mol. The number of rotatable bonds is 3. The van der Waals surface area contributed by atoms with E-state index in [4.69, 9.17) is 5.73 Å². The molecule has 19 heavy (non-hydrogen) atoms. The fraction of sp³-hybridized carbons (Fsp3) is 0.500. The summed E-state index contributed by atoms with van der Waals surface area (Å²) in [6.07, 6.45) is 3.03. The molecule has 3 N–H and O–H groups in total. The summed E-state index contributed by atoms with van der Waals surface area (Å²) in [5.41, 5.74) is 5.94. The summed E-state index contributed by atoms with van der Waals surface area (Å²) in [7, 11) is 0. The molecule has 1 amide bonds. The molecule has 1 fully saturated rings. The summed E-state index contributed by atoms with van der Waals surface area (Å²) in [5, 5.41) is 9.83. The number of carbonyl (C=O) groups excluding carboxylic acids is 1. The topological polar surface area (TPSA) is 66.6 Å². The van der Waals surface area contributed by atoms with E-state index in [0.29, 0.717) is 18.0 Å². The van der Waals surface area contributed by atoms with Crippen molar-refractivity contribution < 1.29 is 9.90 Å². The second-order valence-corrected chi connectivity index (χ2v) is 5.89. The molecule has 0 spiro atoms. The Morgan fingerprint density at radius 2 is 2.11 bits per heavy atom. The summed E-state index contributed by atoms with van der Waals surface area (Å²) in [4.78, 5) is 14.1. The van der Waals surface area contributed by atoms with Crippen LogP contribution in [0.4, 0.5) is 0 Å². The third-order valence-corrected chi connectivity index (χ3v) is 4.16. The second-order valence-electron chi connectivity index (χ2n) is 4.97. The highest BCUT2D eigenvalue weighted by Gasteiger charge is 2.24. The van der Waals surface area contributed by atoms with Gasteiger partial charge in [-0.1, -0.05) is 15.9 Å². The first-order valence-corrected chi connectivity index (χ1v) is 7.39. The Hall–Kier alpha value is -1.07. The Balaban J connectivity index is 2.01. The van der Waals surface area contributed by atoms with Gasteiger partial charge in [0.1, 0.15) is 5.75 Å². The largest absolute Gasteiger partial charge is 0.507 e. The minimum absolute atomic E-state index is 0.0310. The van der Waals surface area contributed by atoms with E-state index in [1.807, 2.05) is 4.90 Å². The smallest absolute Gasteiger partial charge is 0.257 e. The quantitative estimate of drug-likeness (QED) is 0.896. The molecular formula is C14H19BrN2O2. The van der Waals surface area contributed by atoms with Gasteiger partial charge < -0.3 is 15.7 Å². The maximum atomic E-state index is 12.3. The molecule has 0 aliphatic carbocycles. The maximum absolute atomic E-state index is 12.3. The number of hydrogen-bond acceptors (Lipinski definition) is 3. The number of carbonyl (C=O) groups is 1. The first-order chi connectivity index (χ1) is 9.11. The molecule has 0 unspecified atom stereocenters. The molecule has 1 aliphatic heterocycles. The van der Waals surface area contributed by atoms with Crippen molar-refractivity contribution in [2.24, 2.45) is 11.7 Å². The molecule has 1 saturated heterocycles. The van der Waals surface area contributed by atoms with Crippen LogP contribution in [0.1, 0.15) is 29.6 Å². The predicted octanol–water partition coefficient (Wildman–Crippen LogP) is 2.36.